The van der Waals surface area contributed by atoms with Crippen LogP contribution in [0.15, 0.2) is 41.3 Å². The third-order valence-corrected chi connectivity index (χ3v) is 8.64. The van der Waals surface area contributed by atoms with Crippen LogP contribution in [-0.2, 0) is 20.8 Å². The Morgan fingerprint density at radius 2 is 1.61 bits per heavy atom. The molecule has 5 nitrogen and oxygen atoms in total. The van der Waals surface area contributed by atoms with Crippen molar-refractivity contribution in [3.05, 3.63) is 59.2 Å². The minimum absolute atomic E-state index is 0.257. The van der Waals surface area contributed by atoms with Crippen molar-refractivity contribution in [1.82, 2.24) is 0 Å². The minimum Gasteiger partial charge on any atom is -0.490 e. The van der Waals surface area contributed by atoms with Crippen molar-refractivity contribution in [1.29, 1.82) is 0 Å². The second kappa shape index (κ2) is 7.14. The Balaban J connectivity index is 1.98. The van der Waals surface area contributed by atoms with Crippen LogP contribution in [0.25, 0.3) is 0 Å². The van der Waals surface area contributed by atoms with E-state index in [2.05, 4.69) is 0 Å². The van der Waals surface area contributed by atoms with Crippen molar-refractivity contribution in [2.75, 3.05) is 6.61 Å². The molecule has 2 aromatic rings. The van der Waals surface area contributed by atoms with Crippen LogP contribution in [0.1, 0.15) is 24.0 Å². The van der Waals surface area contributed by atoms with E-state index < -0.39 is 85.3 Å². The second-order valence-corrected chi connectivity index (χ2v) is 9.87. The van der Waals surface area contributed by atoms with Crippen molar-refractivity contribution < 1.29 is 45.3 Å². The van der Waals surface area contributed by atoms with Gasteiger partial charge < -0.3 is 14.9 Å². The van der Waals surface area contributed by atoms with E-state index >= 15 is 0 Å². The van der Waals surface area contributed by atoms with Gasteiger partial charge in [0.05, 0.1) is 34.8 Å². The molecule has 11 heteroatoms. The van der Waals surface area contributed by atoms with E-state index in [0.717, 1.165) is 24.3 Å². The molecule has 1 fully saturated rings. The summed E-state index contributed by atoms with van der Waals surface area (Å²) in [6.07, 6.45) is -8.32. The van der Waals surface area contributed by atoms with E-state index in [-0.39, 0.29) is 6.42 Å². The summed E-state index contributed by atoms with van der Waals surface area (Å²) in [7, 11) is -4.68. The maximum atomic E-state index is 15.0. The van der Waals surface area contributed by atoms with Crippen molar-refractivity contribution in [2.24, 2.45) is 5.92 Å². The molecule has 2 aromatic carbocycles. The van der Waals surface area contributed by atoms with Crippen LogP contribution >= 0.6 is 0 Å². The lowest BCUT2D eigenvalue weighted by Crippen LogP contribution is -2.59. The zero-order valence-corrected chi connectivity index (χ0v) is 16.6. The Labute approximate surface area is 174 Å². The summed E-state index contributed by atoms with van der Waals surface area (Å²) < 4.78 is 98.6. The summed E-state index contributed by atoms with van der Waals surface area (Å²) in [5.41, 5.74) is -1.71. The van der Waals surface area contributed by atoms with Gasteiger partial charge in [-0.2, -0.15) is 13.2 Å². The fourth-order valence-corrected chi connectivity index (χ4v) is 6.92. The van der Waals surface area contributed by atoms with E-state index in [1.54, 1.807) is 0 Å². The highest BCUT2D eigenvalue weighted by atomic mass is 32.2. The van der Waals surface area contributed by atoms with Crippen LogP contribution in [0.3, 0.4) is 0 Å². The van der Waals surface area contributed by atoms with E-state index in [0.29, 0.717) is 12.1 Å². The van der Waals surface area contributed by atoms with E-state index in [4.69, 9.17) is 4.74 Å². The highest BCUT2D eigenvalue weighted by Gasteiger charge is 2.62. The lowest BCUT2D eigenvalue weighted by atomic mass is 9.70. The standard InChI is InChI=1S/C20H17F5O5S/c21-13-5-6-14(22)18-16(13)19(8-7-15(26)17(27)12(19)9-30-18)31(28,29)11-3-1-10(2-4-11)20(23,24)25/h1-6,12,15,17,26-27H,7-9H2/t12-,15+,17-,19-/m0/s1. The number of rotatable bonds is 2. The van der Waals surface area contributed by atoms with Gasteiger partial charge >= 0.3 is 6.18 Å². The lowest BCUT2D eigenvalue weighted by molar-refractivity contribution is -0.137. The van der Waals surface area contributed by atoms with Gasteiger partial charge in [0.15, 0.2) is 21.4 Å². The number of fused-ring (bicyclic) bond motifs is 3. The Morgan fingerprint density at radius 3 is 2.23 bits per heavy atom. The van der Waals surface area contributed by atoms with Gasteiger partial charge in [-0.05, 0) is 49.2 Å². The quantitative estimate of drug-likeness (QED) is 0.668. The molecule has 0 spiro atoms. The molecule has 4 atom stereocenters. The fraction of sp³-hybridized carbons (Fsp3) is 0.400. The first-order valence-electron chi connectivity index (χ1n) is 9.30. The van der Waals surface area contributed by atoms with Gasteiger partial charge in [0.2, 0.25) is 0 Å². The topological polar surface area (TPSA) is 83.8 Å². The van der Waals surface area contributed by atoms with Crippen LogP contribution in [-0.4, -0.2) is 37.4 Å². The lowest BCUT2D eigenvalue weighted by Gasteiger charge is -2.50. The van der Waals surface area contributed by atoms with Gasteiger partial charge in [-0.25, -0.2) is 17.2 Å². The predicted octanol–water partition coefficient (Wildman–Crippen LogP) is 3.18. The summed E-state index contributed by atoms with van der Waals surface area (Å²) >= 11 is 0. The normalized spacial score (nSPS) is 28.4. The molecule has 0 amide bonds. The third-order valence-electron chi connectivity index (χ3n) is 6.08. The summed E-state index contributed by atoms with van der Waals surface area (Å²) in [4.78, 5) is -0.550. The largest absolute Gasteiger partial charge is 0.490 e. The monoisotopic (exact) mass is 464 g/mol. The zero-order chi connectivity index (χ0) is 22.8. The molecule has 1 heterocycles. The maximum Gasteiger partial charge on any atom is 0.416 e. The first-order valence-corrected chi connectivity index (χ1v) is 10.8. The molecule has 0 saturated heterocycles. The predicted molar refractivity (Wildman–Crippen MR) is 96.9 cm³/mol. The van der Waals surface area contributed by atoms with Crippen LogP contribution in [0, 0.1) is 17.6 Å². The SMILES string of the molecule is O=S(=O)(c1ccc(C(F)(F)F)cc1)[C@@]12CC[C@@H](O)[C@@H](O)[C@@H]1COc1c(F)ccc(F)c12. The van der Waals surface area contributed by atoms with Gasteiger partial charge in [0.1, 0.15) is 10.6 Å². The van der Waals surface area contributed by atoms with Crippen molar-refractivity contribution in [3.8, 4) is 5.75 Å². The molecule has 1 aliphatic heterocycles. The summed E-state index contributed by atoms with van der Waals surface area (Å²) in [5.74, 6) is -4.12. The highest BCUT2D eigenvalue weighted by molar-refractivity contribution is 7.92. The van der Waals surface area contributed by atoms with Crippen molar-refractivity contribution in [2.45, 2.75) is 40.9 Å². The van der Waals surface area contributed by atoms with Crippen LogP contribution in [0.4, 0.5) is 22.0 Å². The second-order valence-electron chi connectivity index (χ2n) is 7.66. The van der Waals surface area contributed by atoms with Crippen molar-refractivity contribution in [3.63, 3.8) is 0 Å². The molecular formula is C20H17F5O5S. The van der Waals surface area contributed by atoms with Gasteiger partial charge in [-0.15, -0.1) is 0 Å². The number of halogens is 5. The Morgan fingerprint density at radius 1 is 1.00 bits per heavy atom. The number of ether oxygens (including phenoxy) is 1. The molecule has 1 aliphatic carbocycles. The van der Waals surface area contributed by atoms with E-state index in [1.165, 1.54) is 0 Å². The molecule has 2 aliphatic rings. The molecule has 1 saturated carbocycles. The minimum atomic E-state index is -4.70. The first-order chi connectivity index (χ1) is 14.4. The van der Waals surface area contributed by atoms with Gasteiger partial charge in [-0.1, -0.05) is 0 Å². The van der Waals surface area contributed by atoms with Gasteiger partial charge in [-0.3, -0.25) is 0 Å². The van der Waals surface area contributed by atoms with Crippen LogP contribution < -0.4 is 4.74 Å². The molecule has 0 aromatic heterocycles. The van der Waals surface area contributed by atoms with Crippen molar-refractivity contribution >= 4 is 9.84 Å². The Bertz CT molecular complexity index is 1120. The molecule has 2 N–H and O–H groups in total. The molecular weight excluding hydrogens is 447 g/mol. The number of benzene rings is 2. The molecule has 0 unspecified atom stereocenters. The summed E-state index contributed by atoms with van der Waals surface area (Å²) in [6.45, 7) is -0.536. The van der Waals surface area contributed by atoms with E-state index in [9.17, 15) is 40.6 Å². The number of hydrogen-bond donors (Lipinski definition) is 2. The molecule has 4 rings (SSSR count). The zero-order valence-electron chi connectivity index (χ0n) is 15.7. The number of alkyl halides is 3. The highest BCUT2D eigenvalue weighted by Crippen LogP contribution is 2.56. The molecule has 31 heavy (non-hydrogen) atoms. The average Bonchev–Trinajstić information content (AvgIpc) is 2.72. The smallest absolute Gasteiger partial charge is 0.416 e. The molecule has 0 bridgehead atoms. The fourth-order valence-electron chi connectivity index (χ4n) is 4.55. The number of aliphatic hydroxyl groups is 2. The maximum absolute atomic E-state index is 15.0. The Hall–Kier alpha value is -2.24. The first kappa shape index (κ1) is 22.0. The average molecular weight is 464 g/mol. The van der Waals surface area contributed by atoms with Gasteiger partial charge in [0.25, 0.3) is 0 Å². The number of hydrogen-bond acceptors (Lipinski definition) is 5. The van der Waals surface area contributed by atoms with E-state index in [1.807, 2.05) is 0 Å². The third kappa shape index (κ3) is 3.13. The summed E-state index contributed by atoms with van der Waals surface area (Å²) in [6, 6.07) is 4.13. The van der Waals surface area contributed by atoms with Gasteiger partial charge in [0, 0.05) is 5.92 Å². The summed E-state index contributed by atoms with van der Waals surface area (Å²) in [5, 5.41) is 20.6. The molecule has 0 radical (unpaired) electrons. The Kier molecular flexibility index (Phi) is 5.06. The van der Waals surface area contributed by atoms with Crippen LogP contribution in [0.5, 0.6) is 5.75 Å². The number of aliphatic hydroxyl groups excluding tert-OH is 2. The number of sulfone groups is 1. The van der Waals surface area contributed by atoms with Crippen LogP contribution in [0.2, 0.25) is 0 Å². The molecule has 168 valence electrons.